The third-order valence-electron chi connectivity index (χ3n) is 5.61. The minimum absolute atomic E-state index is 0.0637. The van der Waals surface area contributed by atoms with E-state index in [1.807, 2.05) is 68.4 Å². The summed E-state index contributed by atoms with van der Waals surface area (Å²) in [5.74, 6) is -0.563. The highest BCUT2D eigenvalue weighted by Gasteiger charge is 2.34. The van der Waals surface area contributed by atoms with E-state index in [1.54, 1.807) is 25.7 Å². The predicted molar refractivity (Wildman–Crippen MR) is 133 cm³/mol. The molecule has 2 aromatic carbocycles. The number of benzene rings is 2. The van der Waals surface area contributed by atoms with Crippen LogP contribution < -0.4 is 15.5 Å². The lowest BCUT2D eigenvalue weighted by molar-refractivity contribution is -0.129. The summed E-state index contributed by atoms with van der Waals surface area (Å²) in [6, 6.07) is 15.6. The summed E-state index contributed by atoms with van der Waals surface area (Å²) in [6.07, 6.45) is 0.752. The Bertz CT molecular complexity index is 1010. The van der Waals surface area contributed by atoms with Gasteiger partial charge in [-0.3, -0.25) is 9.59 Å². The second-order valence-corrected chi connectivity index (χ2v) is 9.92. The number of anilines is 1. The van der Waals surface area contributed by atoms with Crippen LogP contribution in [-0.4, -0.2) is 41.6 Å². The van der Waals surface area contributed by atoms with Crippen molar-refractivity contribution in [3.8, 4) is 0 Å². The number of ether oxygens (including phenoxy) is 1. The van der Waals surface area contributed by atoms with Crippen LogP contribution in [0.25, 0.3) is 0 Å². The molecule has 3 rings (SSSR count). The molecule has 3 amide bonds. The van der Waals surface area contributed by atoms with Crippen molar-refractivity contribution in [3.63, 3.8) is 0 Å². The smallest absolute Gasteiger partial charge is 0.408 e. The number of fused-ring (bicyclic) bond motifs is 1. The van der Waals surface area contributed by atoms with Crippen molar-refractivity contribution in [2.45, 2.75) is 77.6 Å². The van der Waals surface area contributed by atoms with Gasteiger partial charge in [0.1, 0.15) is 17.7 Å². The van der Waals surface area contributed by atoms with Gasteiger partial charge < -0.3 is 20.3 Å². The standard InChI is InChI=1S/C27H35N3O4/c1-18(2)30-23-14-10-9-13-20(23)15-16-21(25(30)32)28-24(31)22(17-19-11-7-6-8-12-19)29-26(33)34-27(3,4)5/h6-14,18,21-22H,15-17H2,1-5H3,(H,28,31)(H,29,33). The van der Waals surface area contributed by atoms with E-state index in [9.17, 15) is 14.4 Å². The van der Waals surface area contributed by atoms with Crippen molar-refractivity contribution in [3.05, 3.63) is 65.7 Å². The van der Waals surface area contributed by atoms with Gasteiger partial charge in [-0.05, 0) is 64.7 Å². The second kappa shape index (κ2) is 10.7. The van der Waals surface area contributed by atoms with Crippen LogP contribution in [0.5, 0.6) is 0 Å². The first-order valence-electron chi connectivity index (χ1n) is 11.8. The van der Waals surface area contributed by atoms with Crippen LogP contribution in [-0.2, 0) is 27.2 Å². The zero-order valence-corrected chi connectivity index (χ0v) is 20.6. The largest absolute Gasteiger partial charge is 0.444 e. The fourth-order valence-electron chi connectivity index (χ4n) is 4.11. The molecular weight excluding hydrogens is 430 g/mol. The Hall–Kier alpha value is -3.35. The maximum absolute atomic E-state index is 13.5. The molecule has 0 bridgehead atoms. The van der Waals surface area contributed by atoms with E-state index in [-0.39, 0.29) is 18.4 Å². The van der Waals surface area contributed by atoms with Gasteiger partial charge in [0.25, 0.3) is 0 Å². The number of hydrogen-bond acceptors (Lipinski definition) is 4. The average molecular weight is 466 g/mol. The molecule has 2 unspecified atom stereocenters. The normalized spacial score (nSPS) is 16.9. The van der Waals surface area contributed by atoms with Crippen molar-refractivity contribution in [2.75, 3.05) is 4.90 Å². The molecule has 1 aliphatic heterocycles. The number of nitrogens with one attached hydrogen (secondary N) is 2. The minimum Gasteiger partial charge on any atom is -0.444 e. The third kappa shape index (κ3) is 6.59. The molecule has 2 N–H and O–H groups in total. The van der Waals surface area contributed by atoms with Crippen molar-refractivity contribution in [1.29, 1.82) is 0 Å². The first-order chi connectivity index (χ1) is 16.0. The van der Waals surface area contributed by atoms with E-state index in [0.717, 1.165) is 16.8 Å². The van der Waals surface area contributed by atoms with Gasteiger partial charge in [0, 0.05) is 18.2 Å². The molecule has 7 heteroatoms. The van der Waals surface area contributed by atoms with E-state index in [2.05, 4.69) is 10.6 Å². The van der Waals surface area contributed by atoms with Gasteiger partial charge in [-0.1, -0.05) is 48.5 Å². The van der Waals surface area contributed by atoms with Crippen molar-refractivity contribution >= 4 is 23.6 Å². The summed E-state index contributed by atoms with van der Waals surface area (Å²) in [4.78, 5) is 41.1. The van der Waals surface area contributed by atoms with E-state index >= 15 is 0 Å². The van der Waals surface area contributed by atoms with Gasteiger partial charge in [0.2, 0.25) is 11.8 Å². The lowest BCUT2D eigenvalue weighted by Gasteiger charge is -2.30. The fraction of sp³-hybridized carbons (Fsp3) is 0.444. The zero-order chi connectivity index (χ0) is 24.9. The number of carbonyl (C=O) groups is 3. The molecule has 0 saturated heterocycles. The molecular formula is C27H35N3O4. The quantitative estimate of drug-likeness (QED) is 0.675. The van der Waals surface area contributed by atoms with Crippen LogP contribution in [0.1, 0.15) is 52.2 Å². The highest BCUT2D eigenvalue weighted by Crippen LogP contribution is 2.28. The van der Waals surface area contributed by atoms with E-state index in [1.165, 1.54) is 0 Å². The van der Waals surface area contributed by atoms with Gasteiger partial charge in [0.15, 0.2) is 0 Å². The molecule has 2 atom stereocenters. The molecule has 7 nitrogen and oxygen atoms in total. The van der Waals surface area contributed by atoms with Gasteiger partial charge in [-0.2, -0.15) is 0 Å². The summed E-state index contributed by atoms with van der Waals surface area (Å²) < 4.78 is 5.37. The van der Waals surface area contributed by atoms with E-state index < -0.39 is 29.7 Å². The lowest BCUT2D eigenvalue weighted by atomic mass is 10.0. The van der Waals surface area contributed by atoms with E-state index in [4.69, 9.17) is 4.74 Å². The fourth-order valence-corrected chi connectivity index (χ4v) is 4.11. The Morgan fingerprint density at radius 3 is 2.35 bits per heavy atom. The summed E-state index contributed by atoms with van der Waals surface area (Å²) in [5.41, 5.74) is 2.15. The summed E-state index contributed by atoms with van der Waals surface area (Å²) >= 11 is 0. The molecule has 182 valence electrons. The second-order valence-electron chi connectivity index (χ2n) is 9.92. The molecule has 0 aliphatic carbocycles. The van der Waals surface area contributed by atoms with Gasteiger partial charge in [0.05, 0.1) is 0 Å². The van der Waals surface area contributed by atoms with E-state index in [0.29, 0.717) is 12.8 Å². The number of nitrogens with zero attached hydrogens (tertiary/aromatic N) is 1. The first-order valence-corrected chi connectivity index (χ1v) is 11.8. The van der Waals surface area contributed by atoms with Crippen molar-refractivity contribution in [1.82, 2.24) is 10.6 Å². The third-order valence-corrected chi connectivity index (χ3v) is 5.61. The van der Waals surface area contributed by atoms with Crippen molar-refractivity contribution < 1.29 is 19.1 Å². The number of hydrogen-bond donors (Lipinski definition) is 2. The summed E-state index contributed by atoms with van der Waals surface area (Å²) in [6.45, 7) is 9.21. The predicted octanol–water partition coefficient (Wildman–Crippen LogP) is 4.00. The molecule has 0 aromatic heterocycles. The molecule has 0 radical (unpaired) electrons. The van der Waals surface area contributed by atoms with Gasteiger partial charge in [-0.15, -0.1) is 0 Å². The van der Waals surface area contributed by atoms with Crippen LogP contribution in [0.3, 0.4) is 0 Å². The molecule has 2 aromatic rings. The Morgan fingerprint density at radius 2 is 1.71 bits per heavy atom. The highest BCUT2D eigenvalue weighted by molar-refractivity contribution is 6.01. The number of amides is 3. The summed E-state index contributed by atoms with van der Waals surface area (Å²) in [5, 5.41) is 5.61. The Balaban J connectivity index is 1.80. The molecule has 1 heterocycles. The number of para-hydroxylation sites is 1. The monoisotopic (exact) mass is 465 g/mol. The Labute approximate surface area is 201 Å². The average Bonchev–Trinajstić information content (AvgIpc) is 2.89. The van der Waals surface area contributed by atoms with Crippen molar-refractivity contribution in [2.24, 2.45) is 0 Å². The SMILES string of the molecule is CC(C)N1C(=O)C(NC(=O)C(Cc2ccccc2)NC(=O)OC(C)(C)C)CCc2ccccc21. The van der Waals surface area contributed by atoms with Gasteiger partial charge in [-0.25, -0.2) is 4.79 Å². The van der Waals surface area contributed by atoms with Gasteiger partial charge >= 0.3 is 6.09 Å². The Kier molecular flexibility index (Phi) is 7.97. The number of carbonyl (C=O) groups excluding carboxylic acids is 3. The minimum atomic E-state index is -0.886. The maximum Gasteiger partial charge on any atom is 0.408 e. The maximum atomic E-state index is 13.5. The molecule has 0 saturated carbocycles. The van der Waals surface area contributed by atoms with Crippen LogP contribution in [0.15, 0.2) is 54.6 Å². The molecule has 34 heavy (non-hydrogen) atoms. The number of rotatable bonds is 6. The van der Waals surface area contributed by atoms with Crippen LogP contribution in [0, 0.1) is 0 Å². The highest BCUT2D eigenvalue weighted by atomic mass is 16.6. The first kappa shape index (κ1) is 25.3. The molecule has 1 aliphatic rings. The van der Waals surface area contributed by atoms with Crippen LogP contribution >= 0.6 is 0 Å². The van der Waals surface area contributed by atoms with Crippen LogP contribution in [0.2, 0.25) is 0 Å². The molecule has 0 fully saturated rings. The topological polar surface area (TPSA) is 87.7 Å². The number of alkyl carbamates (subject to hydrolysis) is 1. The Morgan fingerprint density at radius 1 is 1.06 bits per heavy atom. The zero-order valence-electron chi connectivity index (χ0n) is 20.6. The lowest BCUT2D eigenvalue weighted by Crippen LogP contribution is -2.56. The summed E-state index contributed by atoms with van der Waals surface area (Å²) in [7, 11) is 0. The van der Waals surface area contributed by atoms with Crippen LogP contribution in [0.4, 0.5) is 10.5 Å². The number of aryl methyl sites for hydroxylation is 1. The molecule has 0 spiro atoms.